The predicted octanol–water partition coefficient (Wildman–Crippen LogP) is 3.61. The molecule has 0 aromatic heterocycles. The summed E-state index contributed by atoms with van der Waals surface area (Å²) in [7, 11) is 1.46. The summed E-state index contributed by atoms with van der Waals surface area (Å²) in [6.07, 6.45) is 5.98. The average molecular weight is 387 g/mol. The van der Waals surface area contributed by atoms with Gasteiger partial charge in [-0.25, -0.2) is 0 Å². The molecule has 0 saturated carbocycles. The Balaban J connectivity index is 1.51. The molecule has 0 saturated heterocycles. The van der Waals surface area contributed by atoms with Gasteiger partial charge in [0.25, 0.3) is 11.8 Å². The lowest BCUT2D eigenvalue weighted by Crippen LogP contribution is -2.24. The van der Waals surface area contributed by atoms with Crippen molar-refractivity contribution in [3.05, 3.63) is 70.3 Å². The fourth-order valence-corrected chi connectivity index (χ4v) is 3.67. The fourth-order valence-electron chi connectivity index (χ4n) is 3.67. The Morgan fingerprint density at radius 2 is 1.86 bits per heavy atom. The van der Waals surface area contributed by atoms with Crippen molar-refractivity contribution < 1.29 is 14.4 Å². The van der Waals surface area contributed by atoms with Gasteiger partial charge in [0.2, 0.25) is 5.91 Å². The van der Waals surface area contributed by atoms with Crippen LogP contribution in [0.3, 0.4) is 0 Å². The molecule has 2 aliphatic rings. The largest absolute Gasteiger partial charge is 0.326 e. The van der Waals surface area contributed by atoms with E-state index in [0.717, 1.165) is 34.6 Å². The molecule has 2 aromatic rings. The maximum atomic E-state index is 12.6. The number of nitrogens with zero attached hydrogens (tertiary/aromatic N) is 2. The van der Waals surface area contributed by atoms with E-state index in [1.807, 2.05) is 37.4 Å². The molecule has 0 bridgehead atoms. The van der Waals surface area contributed by atoms with Crippen LogP contribution < -0.4 is 5.32 Å². The molecule has 3 amide bonds. The Labute approximate surface area is 168 Å². The molecule has 2 heterocycles. The molecule has 1 N–H and O–H groups in total. The number of allylic oxidation sites excluding steroid dienone is 1. The highest BCUT2D eigenvalue weighted by molar-refractivity contribution is 6.22. The third-order valence-electron chi connectivity index (χ3n) is 5.10. The van der Waals surface area contributed by atoms with Gasteiger partial charge >= 0.3 is 0 Å². The van der Waals surface area contributed by atoms with E-state index in [-0.39, 0.29) is 24.1 Å². The molecule has 4 rings (SSSR count). The second-order valence-corrected chi connectivity index (χ2v) is 7.30. The Morgan fingerprint density at radius 1 is 1.10 bits per heavy atom. The predicted molar refractivity (Wildman–Crippen MR) is 112 cm³/mol. The lowest BCUT2D eigenvalue weighted by Gasteiger charge is -2.10. The summed E-state index contributed by atoms with van der Waals surface area (Å²) in [6, 6.07) is 11.0. The normalized spacial score (nSPS) is 15.4. The van der Waals surface area contributed by atoms with Crippen molar-refractivity contribution in [1.29, 1.82) is 0 Å². The van der Waals surface area contributed by atoms with Crippen molar-refractivity contribution in [3.63, 3.8) is 0 Å². The van der Waals surface area contributed by atoms with Gasteiger partial charge < -0.3 is 5.32 Å². The molecule has 0 unspecified atom stereocenters. The summed E-state index contributed by atoms with van der Waals surface area (Å²) >= 11 is 0. The van der Waals surface area contributed by atoms with Crippen molar-refractivity contribution in [3.8, 4) is 0 Å². The molecule has 6 nitrogen and oxygen atoms in total. The van der Waals surface area contributed by atoms with Gasteiger partial charge in [-0.2, -0.15) is 0 Å². The summed E-state index contributed by atoms with van der Waals surface area (Å²) in [5.74, 6) is -0.931. The topological polar surface area (TPSA) is 78.8 Å². The van der Waals surface area contributed by atoms with Crippen LogP contribution in [0.15, 0.2) is 47.5 Å². The molecule has 2 aliphatic heterocycles. The smallest absolute Gasteiger partial charge is 0.261 e. The highest BCUT2D eigenvalue weighted by Gasteiger charge is 2.35. The SMILES string of the molecule is Cc1cc(CC(=O)Nc2ccc(C3=CCCC=N3)cc2)c2c(c1)C(=O)N(C)C2=O. The van der Waals surface area contributed by atoms with E-state index in [4.69, 9.17) is 0 Å². The molecule has 0 aliphatic carbocycles. The van der Waals surface area contributed by atoms with E-state index in [0.29, 0.717) is 22.4 Å². The monoisotopic (exact) mass is 387 g/mol. The molecule has 6 heteroatoms. The summed E-state index contributed by atoms with van der Waals surface area (Å²) in [5, 5.41) is 2.86. The molecule has 146 valence electrons. The summed E-state index contributed by atoms with van der Waals surface area (Å²) < 4.78 is 0. The van der Waals surface area contributed by atoms with E-state index in [1.54, 1.807) is 12.1 Å². The van der Waals surface area contributed by atoms with Crippen LogP contribution in [0.5, 0.6) is 0 Å². The highest BCUT2D eigenvalue weighted by Crippen LogP contribution is 2.27. The minimum Gasteiger partial charge on any atom is -0.326 e. The van der Waals surface area contributed by atoms with Crippen LogP contribution in [-0.2, 0) is 11.2 Å². The third-order valence-corrected chi connectivity index (χ3v) is 5.10. The van der Waals surface area contributed by atoms with Gasteiger partial charge in [-0.1, -0.05) is 24.3 Å². The van der Waals surface area contributed by atoms with E-state index >= 15 is 0 Å². The quantitative estimate of drug-likeness (QED) is 0.814. The maximum absolute atomic E-state index is 12.6. The number of aryl methyl sites for hydroxylation is 1. The Morgan fingerprint density at radius 3 is 2.55 bits per heavy atom. The lowest BCUT2D eigenvalue weighted by molar-refractivity contribution is -0.115. The standard InChI is InChI=1S/C23H21N3O3/c1-14-11-16(21-18(12-14)22(28)26(2)23(21)29)13-20(27)25-17-8-6-15(7-9-17)19-5-3-4-10-24-19/h5-12H,3-4,13H2,1-2H3,(H,25,27). The number of imide groups is 1. The van der Waals surface area contributed by atoms with Crippen LogP contribution in [-0.4, -0.2) is 35.9 Å². The first kappa shape index (κ1) is 18.8. The molecule has 0 radical (unpaired) electrons. The zero-order valence-electron chi connectivity index (χ0n) is 16.4. The van der Waals surface area contributed by atoms with E-state index in [9.17, 15) is 14.4 Å². The van der Waals surface area contributed by atoms with Crippen molar-refractivity contribution in [2.75, 3.05) is 12.4 Å². The number of nitrogens with one attached hydrogen (secondary N) is 1. The number of carbonyl (C=O) groups excluding carboxylic acids is 3. The number of carbonyl (C=O) groups is 3. The van der Waals surface area contributed by atoms with Gasteiger partial charge in [-0.05, 0) is 54.7 Å². The van der Waals surface area contributed by atoms with Gasteiger partial charge in [-0.3, -0.25) is 24.3 Å². The summed E-state index contributed by atoms with van der Waals surface area (Å²) in [4.78, 5) is 42.7. The minimum absolute atomic E-state index is 0.0219. The average Bonchev–Trinajstić information content (AvgIpc) is 2.93. The summed E-state index contributed by atoms with van der Waals surface area (Å²) in [6.45, 7) is 1.85. The number of hydrogen-bond donors (Lipinski definition) is 1. The Kier molecular flexibility index (Phi) is 4.84. The maximum Gasteiger partial charge on any atom is 0.261 e. The molecular formula is C23H21N3O3. The Hall–Kier alpha value is -3.54. The zero-order chi connectivity index (χ0) is 20.5. The van der Waals surface area contributed by atoms with Gasteiger partial charge in [0.1, 0.15) is 0 Å². The van der Waals surface area contributed by atoms with Crippen molar-refractivity contribution in [2.45, 2.75) is 26.2 Å². The van der Waals surface area contributed by atoms with E-state index < -0.39 is 0 Å². The second-order valence-electron chi connectivity index (χ2n) is 7.30. The summed E-state index contributed by atoms with van der Waals surface area (Å²) in [5.41, 5.74) is 4.72. The van der Waals surface area contributed by atoms with Gasteiger partial charge in [0.15, 0.2) is 0 Å². The Bertz CT molecular complexity index is 1080. The van der Waals surface area contributed by atoms with Crippen LogP contribution in [0.1, 0.15) is 50.2 Å². The van der Waals surface area contributed by atoms with Crippen LogP contribution in [0, 0.1) is 6.92 Å². The minimum atomic E-state index is -0.363. The zero-order valence-corrected chi connectivity index (χ0v) is 16.4. The molecule has 0 spiro atoms. The van der Waals surface area contributed by atoms with Gasteiger partial charge in [0, 0.05) is 18.9 Å². The fraction of sp³-hybridized carbons (Fsp3) is 0.217. The van der Waals surface area contributed by atoms with Crippen LogP contribution in [0.2, 0.25) is 0 Å². The lowest BCUT2D eigenvalue weighted by atomic mass is 9.97. The van der Waals surface area contributed by atoms with E-state index in [2.05, 4.69) is 16.4 Å². The number of benzene rings is 2. The molecular weight excluding hydrogens is 366 g/mol. The van der Waals surface area contributed by atoms with Crippen molar-refractivity contribution in [2.24, 2.45) is 4.99 Å². The van der Waals surface area contributed by atoms with Crippen LogP contribution in [0.25, 0.3) is 5.70 Å². The number of aliphatic imine (C=N–C) groups is 1. The first-order valence-electron chi connectivity index (χ1n) is 9.53. The van der Waals surface area contributed by atoms with Crippen molar-refractivity contribution >= 4 is 35.3 Å². The second kappa shape index (κ2) is 7.47. The van der Waals surface area contributed by atoms with Crippen molar-refractivity contribution in [1.82, 2.24) is 4.90 Å². The third kappa shape index (κ3) is 3.61. The van der Waals surface area contributed by atoms with E-state index in [1.165, 1.54) is 7.05 Å². The number of anilines is 1. The molecule has 0 fully saturated rings. The molecule has 29 heavy (non-hydrogen) atoms. The first-order valence-corrected chi connectivity index (χ1v) is 9.53. The number of hydrogen-bond acceptors (Lipinski definition) is 4. The molecule has 0 atom stereocenters. The van der Waals surface area contributed by atoms with Crippen LogP contribution in [0.4, 0.5) is 5.69 Å². The number of rotatable bonds is 4. The number of amides is 3. The number of fused-ring (bicyclic) bond motifs is 1. The molecule has 2 aromatic carbocycles. The van der Waals surface area contributed by atoms with Gasteiger partial charge in [0.05, 0.1) is 23.2 Å². The first-order chi connectivity index (χ1) is 13.9. The van der Waals surface area contributed by atoms with Crippen LogP contribution >= 0.6 is 0 Å². The highest BCUT2D eigenvalue weighted by atomic mass is 16.2. The van der Waals surface area contributed by atoms with Gasteiger partial charge in [-0.15, -0.1) is 0 Å².